The van der Waals surface area contributed by atoms with Crippen molar-refractivity contribution < 1.29 is 4.74 Å². The molecule has 0 atom stereocenters. The Labute approximate surface area is 74.4 Å². The highest BCUT2D eigenvalue weighted by Crippen LogP contribution is 2.12. The Morgan fingerprint density at radius 2 is 2.17 bits per heavy atom. The van der Waals surface area contributed by atoms with Crippen LogP contribution in [0.3, 0.4) is 0 Å². The van der Waals surface area contributed by atoms with Gasteiger partial charge < -0.3 is 4.74 Å². The van der Waals surface area contributed by atoms with Gasteiger partial charge in [-0.1, -0.05) is 29.9 Å². The van der Waals surface area contributed by atoms with Crippen LogP contribution >= 0.6 is 0 Å². The predicted molar refractivity (Wildman–Crippen MR) is 52.1 cm³/mol. The van der Waals surface area contributed by atoms with Crippen molar-refractivity contribution in [2.24, 2.45) is 0 Å². The summed E-state index contributed by atoms with van der Waals surface area (Å²) in [5.74, 6) is 0. The van der Waals surface area contributed by atoms with Gasteiger partial charge in [0.05, 0.1) is 6.61 Å². The van der Waals surface area contributed by atoms with Gasteiger partial charge >= 0.3 is 0 Å². The average molecular weight is 164 g/mol. The molecule has 66 valence electrons. The normalized spacial score (nSPS) is 16.8. The minimum atomic E-state index is 0.815. The van der Waals surface area contributed by atoms with Crippen molar-refractivity contribution in [1.82, 2.24) is 0 Å². The van der Waals surface area contributed by atoms with Gasteiger partial charge in [0.15, 0.2) is 0 Å². The SMILES string of the molecule is COCCC1=CCC=C(C)C=C1. The van der Waals surface area contributed by atoms with E-state index in [4.69, 9.17) is 4.74 Å². The van der Waals surface area contributed by atoms with Gasteiger partial charge in [-0.15, -0.1) is 0 Å². The van der Waals surface area contributed by atoms with Crippen LogP contribution in [0, 0.1) is 0 Å². The number of rotatable bonds is 3. The summed E-state index contributed by atoms with van der Waals surface area (Å²) in [6.07, 6.45) is 10.9. The predicted octanol–water partition coefficient (Wildman–Crippen LogP) is 2.86. The molecule has 1 nitrogen and oxygen atoms in total. The Kier molecular flexibility index (Phi) is 3.81. The van der Waals surface area contributed by atoms with E-state index in [2.05, 4.69) is 31.2 Å². The molecule has 12 heavy (non-hydrogen) atoms. The van der Waals surface area contributed by atoms with Crippen LogP contribution in [0.2, 0.25) is 0 Å². The third-order valence-corrected chi connectivity index (χ3v) is 1.98. The minimum Gasteiger partial charge on any atom is -0.384 e. The lowest BCUT2D eigenvalue weighted by molar-refractivity contribution is 0.203. The Morgan fingerprint density at radius 1 is 1.33 bits per heavy atom. The highest BCUT2D eigenvalue weighted by atomic mass is 16.5. The van der Waals surface area contributed by atoms with Crippen molar-refractivity contribution in [3.63, 3.8) is 0 Å². The molecular weight excluding hydrogens is 148 g/mol. The van der Waals surface area contributed by atoms with Gasteiger partial charge in [-0.05, 0) is 25.3 Å². The summed E-state index contributed by atoms with van der Waals surface area (Å²) >= 11 is 0. The summed E-state index contributed by atoms with van der Waals surface area (Å²) in [6, 6.07) is 0. The Hall–Kier alpha value is -0.820. The second kappa shape index (κ2) is 4.94. The van der Waals surface area contributed by atoms with Crippen molar-refractivity contribution >= 4 is 0 Å². The molecule has 1 aliphatic rings. The number of allylic oxidation sites excluding steroid dienone is 5. The molecule has 1 rings (SSSR count). The Bertz CT molecular complexity index is 221. The summed E-state index contributed by atoms with van der Waals surface area (Å²) in [4.78, 5) is 0. The molecule has 0 saturated heterocycles. The van der Waals surface area contributed by atoms with Crippen molar-refractivity contribution in [3.8, 4) is 0 Å². The summed E-state index contributed by atoms with van der Waals surface area (Å²) in [5.41, 5.74) is 2.73. The fourth-order valence-corrected chi connectivity index (χ4v) is 1.18. The number of methoxy groups -OCH3 is 1. The molecule has 1 aliphatic carbocycles. The number of hydrogen-bond acceptors (Lipinski definition) is 1. The molecule has 0 aromatic rings. The highest BCUT2D eigenvalue weighted by molar-refractivity contribution is 5.30. The Balaban J connectivity index is 2.46. The summed E-state index contributed by atoms with van der Waals surface area (Å²) in [6.45, 7) is 2.94. The maximum atomic E-state index is 5.02. The first-order valence-electron chi connectivity index (χ1n) is 4.36. The van der Waals surface area contributed by atoms with Crippen LogP contribution in [0.1, 0.15) is 19.8 Å². The highest BCUT2D eigenvalue weighted by Gasteiger charge is 1.95. The van der Waals surface area contributed by atoms with Crippen LogP contribution in [0.15, 0.2) is 35.5 Å². The summed E-state index contributed by atoms with van der Waals surface area (Å²) in [5, 5.41) is 0. The molecule has 0 spiro atoms. The lowest BCUT2D eigenvalue weighted by Crippen LogP contribution is -1.89. The largest absolute Gasteiger partial charge is 0.384 e. The number of hydrogen-bond donors (Lipinski definition) is 0. The molecule has 0 unspecified atom stereocenters. The van der Waals surface area contributed by atoms with E-state index in [9.17, 15) is 0 Å². The standard InChI is InChI=1S/C11H16O/c1-10-4-3-5-11(7-6-10)8-9-12-2/h4-7H,3,8-9H2,1-2H3. The smallest absolute Gasteiger partial charge is 0.0502 e. The molecular formula is C11H16O. The Morgan fingerprint density at radius 3 is 2.92 bits per heavy atom. The fourth-order valence-electron chi connectivity index (χ4n) is 1.18. The lowest BCUT2D eigenvalue weighted by atomic mass is 10.1. The van der Waals surface area contributed by atoms with Gasteiger partial charge in [-0.2, -0.15) is 0 Å². The van der Waals surface area contributed by atoms with Crippen molar-refractivity contribution in [3.05, 3.63) is 35.5 Å². The van der Waals surface area contributed by atoms with E-state index in [1.807, 2.05) is 0 Å². The maximum Gasteiger partial charge on any atom is 0.0502 e. The van der Waals surface area contributed by atoms with Crippen molar-refractivity contribution in [2.45, 2.75) is 19.8 Å². The minimum absolute atomic E-state index is 0.815. The molecule has 1 heteroatoms. The van der Waals surface area contributed by atoms with Gasteiger partial charge in [-0.3, -0.25) is 0 Å². The third-order valence-electron chi connectivity index (χ3n) is 1.98. The van der Waals surface area contributed by atoms with Crippen LogP contribution in [-0.4, -0.2) is 13.7 Å². The van der Waals surface area contributed by atoms with Crippen molar-refractivity contribution in [2.75, 3.05) is 13.7 Å². The zero-order valence-corrected chi connectivity index (χ0v) is 7.84. The van der Waals surface area contributed by atoms with Crippen LogP contribution in [0.4, 0.5) is 0 Å². The maximum absolute atomic E-state index is 5.02. The molecule has 0 bridgehead atoms. The first-order chi connectivity index (χ1) is 5.83. The molecule has 0 aromatic carbocycles. The zero-order chi connectivity index (χ0) is 8.81. The van der Waals surface area contributed by atoms with Gasteiger partial charge in [-0.25, -0.2) is 0 Å². The van der Waals surface area contributed by atoms with Crippen LogP contribution < -0.4 is 0 Å². The molecule has 0 saturated carbocycles. The topological polar surface area (TPSA) is 9.23 Å². The monoisotopic (exact) mass is 164 g/mol. The molecule has 0 radical (unpaired) electrons. The van der Waals surface area contributed by atoms with Gasteiger partial charge in [0.1, 0.15) is 0 Å². The molecule has 0 heterocycles. The summed E-state index contributed by atoms with van der Waals surface area (Å²) in [7, 11) is 1.74. The van der Waals surface area contributed by atoms with Crippen LogP contribution in [0.5, 0.6) is 0 Å². The molecule has 0 amide bonds. The van der Waals surface area contributed by atoms with E-state index >= 15 is 0 Å². The molecule has 0 N–H and O–H groups in total. The van der Waals surface area contributed by atoms with E-state index < -0.39 is 0 Å². The van der Waals surface area contributed by atoms with Crippen molar-refractivity contribution in [1.29, 1.82) is 0 Å². The van der Waals surface area contributed by atoms with E-state index in [1.165, 1.54) is 11.1 Å². The average Bonchev–Trinajstić information content (AvgIpc) is 2.27. The van der Waals surface area contributed by atoms with Gasteiger partial charge in [0.25, 0.3) is 0 Å². The fraction of sp³-hybridized carbons (Fsp3) is 0.455. The van der Waals surface area contributed by atoms with Gasteiger partial charge in [0.2, 0.25) is 0 Å². The summed E-state index contributed by atoms with van der Waals surface area (Å²) < 4.78 is 5.02. The lowest BCUT2D eigenvalue weighted by Gasteiger charge is -1.98. The van der Waals surface area contributed by atoms with E-state index in [1.54, 1.807) is 7.11 Å². The molecule has 0 fully saturated rings. The van der Waals surface area contributed by atoms with E-state index in [0.29, 0.717) is 0 Å². The van der Waals surface area contributed by atoms with E-state index in [0.717, 1.165) is 19.4 Å². The first kappa shape index (κ1) is 9.27. The first-order valence-corrected chi connectivity index (χ1v) is 4.36. The second-order valence-electron chi connectivity index (χ2n) is 3.04. The zero-order valence-electron chi connectivity index (χ0n) is 7.84. The van der Waals surface area contributed by atoms with Gasteiger partial charge in [0, 0.05) is 7.11 Å². The molecule has 0 aliphatic heterocycles. The second-order valence-corrected chi connectivity index (χ2v) is 3.04. The van der Waals surface area contributed by atoms with E-state index in [-0.39, 0.29) is 0 Å². The quantitative estimate of drug-likeness (QED) is 0.623. The number of ether oxygens (including phenoxy) is 1. The van der Waals surface area contributed by atoms with Crippen LogP contribution in [-0.2, 0) is 4.74 Å². The third kappa shape index (κ3) is 3.05. The molecule has 0 aromatic heterocycles. The van der Waals surface area contributed by atoms with Crippen LogP contribution in [0.25, 0.3) is 0 Å².